The first-order valence-corrected chi connectivity index (χ1v) is 7.97. The van der Waals surface area contributed by atoms with Gasteiger partial charge in [0.2, 0.25) is 0 Å². The fourth-order valence-electron chi connectivity index (χ4n) is 4.42. The Morgan fingerprint density at radius 3 is 2.84 bits per heavy atom. The minimum absolute atomic E-state index is 0.709. The summed E-state index contributed by atoms with van der Waals surface area (Å²) in [6.07, 6.45) is 8.01. The van der Waals surface area contributed by atoms with Crippen LogP contribution in [0, 0.1) is 0 Å². The summed E-state index contributed by atoms with van der Waals surface area (Å²) in [7, 11) is 0. The number of fused-ring (bicyclic) bond motifs is 2. The van der Waals surface area contributed by atoms with Crippen LogP contribution < -0.4 is 5.32 Å². The zero-order valence-electron chi connectivity index (χ0n) is 11.6. The molecule has 2 saturated heterocycles. The Morgan fingerprint density at radius 2 is 1.89 bits per heavy atom. The van der Waals surface area contributed by atoms with E-state index in [9.17, 15) is 0 Å². The minimum atomic E-state index is 0.709. The number of hydrogen-bond acceptors (Lipinski definition) is 2. The van der Waals surface area contributed by atoms with Crippen LogP contribution in [-0.2, 0) is 12.8 Å². The van der Waals surface area contributed by atoms with Gasteiger partial charge in [0.1, 0.15) is 0 Å². The highest BCUT2D eigenvalue weighted by molar-refractivity contribution is 5.30. The van der Waals surface area contributed by atoms with Gasteiger partial charge in [-0.05, 0) is 56.2 Å². The van der Waals surface area contributed by atoms with Crippen molar-refractivity contribution >= 4 is 0 Å². The Kier molecular flexibility index (Phi) is 3.08. The number of benzene rings is 1. The summed E-state index contributed by atoms with van der Waals surface area (Å²) in [6.45, 7) is 2.67. The number of hydrogen-bond donors (Lipinski definition) is 1. The van der Waals surface area contributed by atoms with Gasteiger partial charge in [0.05, 0.1) is 0 Å². The maximum absolute atomic E-state index is 3.99. The second-order valence-electron chi connectivity index (χ2n) is 6.52. The molecule has 2 aliphatic heterocycles. The van der Waals surface area contributed by atoms with E-state index in [-0.39, 0.29) is 0 Å². The van der Waals surface area contributed by atoms with Crippen LogP contribution >= 0.6 is 0 Å². The van der Waals surface area contributed by atoms with Crippen molar-refractivity contribution in [3.8, 4) is 0 Å². The van der Waals surface area contributed by atoms with Crippen LogP contribution in [0.2, 0.25) is 0 Å². The molecular weight excluding hydrogens is 232 g/mol. The summed E-state index contributed by atoms with van der Waals surface area (Å²) >= 11 is 0. The third-order valence-electron chi connectivity index (χ3n) is 5.40. The molecule has 3 unspecified atom stereocenters. The first-order chi connectivity index (χ1) is 9.40. The molecule has 0 amide bonds. The van der Waals surface area contributed by atoms with Gasteiger partial charge < -0.3 is 5.32 Å². The SMILES string of the molecule is c1ccc2c(c1)CCC(NC1CCN3CCCC13)C2. The molecule has 1 aromatic rings. The van der Waals surface area contributed by atoms with Gasteiger partial charge >= 0.3 is 0 Å². The van der Waals surface area contributed by atoms with Crippen LogP contribution in [0.15, 0.2) is 24.3 Å². The van der Waals surface area contributed by atoms with Crippen molar-refractivity contribution in [3.05, 3.63) is 35.4 Å². The normalized spacial score (nSPS) is 34.2. The fourth-order valence-corrected chi connectivity index (χ4v) is 4.42. The number of aryl methyl sites for hydroxylation is 1. The highest BCUT2D eigenvalue weighted by atomic mass is 15.2. The molecule has 1 N–H and O–H groups in total. The van der Waals surface area contributed by atoms with Gasteiger partial charge in [0, 0.05) is 24.7 Å². The lowest BCUT2D eigenvalue weighted by Crippen LogP contribution is -2.46. The Morgan fingerprint density at radius 1 is 1.00 bits per heavy atom. The van der Waals surface area contributed by atoms with Crippen LogP contribution in [0.25, 0.3) is 0 Å². The Hall–Kier alpha value is -0.860. The molecule has 4 rings (SSSR count). The van der Waals surface area contributed by atoms with Gasteiger partial charge in [-0.2, -0.15) is 0 Å². The van der Waals surface area contributed by atoms with Crippen molar-refractivity contribution in [2.75, 3.05) is 13.1 Å². The molecule has 2 heterocycles. The Labute approximate surface area is 116 Å². The maximum Gasteiger partial charge on any atom is 0.0250 e. The van der Waals surface area contributed by atoms with Crippen molar-refractivity contribution in [2.24, 2.45) is 0 Å². The Bertz CT molecular complexity index is 456. The fraction of sp³-hybridized carbons (Fsp3) is 0.647. The second-order valence-corrected chi connectivity index (χ2v) is 6.52. The van der Waals surface area contributed by atoms with Gasteiger partial charge in [0.15, 0.2) is 0 Å². The molecule has 0 saturated carbocycles. The van der Waals surface area contributed by atoms with E-state index in [1.54, 1.807) is 11.1 Å². The van der Waals surface area contributed by atoms with E-state index in [1.807, 2.05) is 0 Å². The largest absolute Gasteiger partial charge is 0.309 e. The van der Waals surface area contributed by atoms with Crippen LogP contribution in [0.3, 0.4) is 0 Å². The van der Waals surface area contributed by atoms with Crippen LogP contribution in [0.1, 0.15) is 36.8 Å². The average molecular weight is 256 g/mol. The summed E-state index contributed by atoms with van der Waals surface area (Å²) in [5, 5.41) is 3.99. The third-order valence-corrected chi connectivity index (χ3v) is 5.40. The van der Waals surface area contributed by atoms with E-state index in [0.29, 0.717) is 6.04 Å². The molecular formula is C17H24N2. The zero-order valence-corrected chi connectivity index (χ0v) is 11.6. The predicted molar refractivity (Wildman–Crippen MR) is 78.4 cm³/mol. The summed E-state index contributed by atoms with van der Waals surface area (Å²) in [5.41, 5.74) is 3.15. The lowest BCUT2D eigenvalue weighted by Gasteiger charge is -2.30. The van der Waals surface area contributed by atoms with E-state index < -0.39 is 0 Å². The van der Waals surface area contributed by atoms with Crippen molar-refractivity contribution in [1.82, 2.24) is 10.2 Å². The topological polar surface area (TPSA) is 15.3 Å². The van der Waals surface area contributed by atoms with E-state index in [1.165, 1.54) is 51.6 Å². The van der Waals surface area contributed by atoms with Crippen LogP contribution in [0.4, 0.5) is 0 Å². The number of rotatable bonds is 2. The molecule has 2 nitrogen and oxygen atoms in total. The van der Waals surface area contributed by atoms with E-state index in [4.69, 9.17) is 0 Å². The van der Waals surface area contributed by atoms with Crippen molar-refractivity contribution in [1.29, 1.82) is 0 Å². The molecule has 0 aromatic heterocycles. The summed E-state index contributed by atoms with van der Waals surface area (Å²) < 4.78 is 0. The molecule has 102 valence electrons. The molecule has 3 aliphatic rings. The average Bonchev–Trinajstić information content (AvgIpc) is 3.04. The smallest absolute Gasteiger partial charge is 0.0250 e. The minimum Gasteiger partial charge on any atom is -0.309 e. The van der Waals surface area contributed by atoms with E-state index in [0.717, 1.165) is 12.1 Å². The van der Waals surface area contributed by atoms with Gasteiger partial charge in [-0.15, -0.1) is 0 Å². The molecule has 2 fully saturated rings. The van der Waals surface area contributed by atoms with Gasteiger partial charge in [-0.25, -0.2) is 0 Å². The quantitative estimate of drug-likeness (QED) is 0.874. The molecule has 2 heteroatoms. The molecule has 0 spiro atoms. The Balaban J connectivity index is 1.42. The van der Waals surface area contributed by atoms with Gasteiger partial charge in [-0.1, -0.05) is 24.3 Å². The predicted octanol–water partition coefficient (Wildman–Crippen LogP) is 2.37. The third kappa shape index (κ3) is 2.21. The maximum atomic E-state index is 3.99. The highest BCUT2D eigenvalue weighted by Gasteiger charge is 2.38. The lowest BCUT2D eigenvalue weighted by atomic mass is 9.87. The number of nitrogens with one attached hydrogen (secondary N) is 1. The summed E-state index contributed by atoms with van der Waals surface area (Å²) in [6, 6.07) is 11.3. The van der Waals surface area contributed by atoms with E-state index in [2.05, 4.69) is 34.5 Å². The van der Waals surface area contributed by atoms with Crippen molar-refractivity contribution in [2.45, 2.75) is 56.7 Å². The molecule has 0 radical (unpaired) electrons. The van der Waals surface area contributed by atoms with Crippen LogP contribution in [-0.4, -0.2) is 36.1 Å². The summed E-state index contributed by atoms with van der Waals surface area (Å²) in [4.78, 5) is 2.70. The summed E-state index contributed by atoms with van der Waals surface area (Å²) in [5.74, 6) is 0. The van der Waals surface area contributed by atoms with Crippen molar-refractivity contribution < 1.29 is 0 Å². The van der Waals surface area contributed by atoms with Crippen LogP contribution in [0.5, 0.6) is 0 Å². The molecule has 0 bridgehead atoms. The van der Waals surface area contributed by atoms with Gasteiger partial charge in [0.25, 0.3) is 0 Å². The second kappa shape index (κ2) is 4.92. The van der Waals surface area contributed by atoms with Crippen molar-refractivity contribution in [3.63, 3.8) is 0 Å². The number of nitrogens with zero attached hydrogens (tertiary/aromatic N) is 1. The first-order valence-electron chi connectivity index (χ1n) is 7.97. The van der Waals surface area contributed by atoms with E-state index >= 15 is 0 Å². The molecule has 1 aromatic carbocycles. The molecule has 3 atom stereocenters. The molecule has 1 aliphatic carbocycles. The molecule has 19 heavy (non-hydrogen) atoms. The standard InChI is InChI=1S/C17H24N2/c1-2-5-14-12-15(8-7-13(14)4-1)18-16-9-11-19-10-3-6-17(16)19/h1-2,4-5,15-18H,3,6-12H2. The van der Waals surface area contributed by atoms with Gasteiger partial charge in [-0.3, -0.25) is 4.90 Å². The lowest BCUT2D eigenvalue weighted by molar-refractivity contribution is 0.283. The highest BCUT2D eigenvalue weighted by Crippen LogP contribution is 2.29. The first kappa shape index (κ1) is 11.9. The zero-order chi connectivity index (χ0) is 12.7. The monoisotopic (exact) mass is 256 g/mol.